The Morgan fingerprint density at radius 3 is 2.56 bits per heavy atom. The first kappa shape index (κ1) is 24.5. The molecule has 0 aliphatic carbocycles. The molecule has 0 aromatic heterocycles. The Morgan fingerprint density at radius 2 is 1.85 bits per heavy atom. The minimum atomic E-state index is -3.72. The predicted molar refractivity (Wildman–Crippen MR) is 127 cm³/mol. The maximum atomic E-state index is 13.0. The third kappa shape index (κ3) is 5.36. The predicted octanol–water partition coefficient (Wildman–Crippen LogP) is -0.461. The van der Waals surface area contributed by atoms with E-state index in [0.29, 0.717) is 37.8 Å². The van der Waals surface area contributed by atoms with Gasteiger partial charge in [-0.25, -0.2) is 13.1 Å². The molecule has 3 fully saturated rings. The van der Waals surface area contributed by atoms with Crippen molar-refractivity contribution in [1.29, 1.82) is 5.41 Å². The number of rotatable bonds is 6. The summed E-state index contributed by atoms with van der Waals surface area (Å²) >= 11 is 1.35. The van der Waals surface area contributed by atoms with Crippen LogP contribution in [0.3, 0.4) is 0 Å². The monoisotopic (exact) mass is 508 g/mol. The number of hydrogen-bond acceptors (Lipinski definition) is 7. The second kappa shape index (κ2) is 9.92. The molecule has 1 aromatic carbocycles. The topological polar surface area (TPSA) is 166 Å². The van der Waals surface area contributed by atoms with Crippen molar-refractivity contribution in [2.45, 2.75) is 54.1 Å². The van der Waals surface area contributed by atoms with Crippen LogP contribution in [0, 0.1) is 5.41 Å². The largest absolute Gasteiger partial charge is 0.370 e. The highest BCUT2D eigenvalue weighted by molar-refractivity contribution is 8.01. The molecule has 0 spiro atoms. The molecular formula is C21H28N6O5S2. The molecule has 3 saturated heterocycles. The van der Waals surface area contributed by atoms with Gasteiger partial charge in [-0.3, -0.25) is 24.7 Å². The third-order valence-electron chi connectivity index (χ3n) is 6.17. The number of fused-ring (bicyclic) bond motifs is 1. The number of sulfonamides is 1. The molecular weight excluding hydrogens is 480 g/mol. The number of carbonyl (C=O) groups is 3. The van der Waals surface area contributed by atoms with E-state index in [1.807, 2.05) is 0 Å². The van der Waals surface area contributed by atoms with Crippen molar-refractivity contribution in [2.24, 2.45) is 5.73 Å². The standard InChI is InChI=1S/C21H28N6O5S2/c22-21(23)26-10-4-7-14(19(26)29)24-18(28)16-11-27-17(33-16)9-8-15(20(27)30)25-34(31,32)12-13-5-2-1-3-6-13/h1-3,5-6,14-17,25H,4,7-12H2,(H3,22,23)(H,24,28)/t14-,15-,16?,17?/m0/s1. The van der Waals surface area contributed by atoms with E-state index < -0.39 is 33.3 Å². The van der Waals surface area contributed by atoms with E-state index in [1.165, 1.54) is 11.8 Å². The van der Waals surface area contributed by atoms with E-state index in [0.717, 1.165) is 4.90 Å². The fourth-order valence-electron chi connectivity index (χ4n) is 4.51. The molecule has 0 saturated carbocycles. The Hall–Kier alpha value is -2.64. The zero-order chi connectivity index (χ0) is 24.5. The Balaban J connectivity index is 1.34. The first-order chi connectivity index (χ1) is 16.1. The van der Waals surface area contributed by atoms with E-state index in [2.05, 4.69) is 10.0 Å². The second-order valence-corrected chi connectivity index (χ2v) is 11.8. The maximum absolute atomic E-state index is 13.0. The number of nitrogens with zero attached hydrogens (tertiary/aromatic N) is 2. The fourth-order valence-corrected chi connectivity index (χ4v) is 7.30. The Kier molecular flexibility index (Phi) is 7.14. The number of piperidine rings is 2. The molecule has 3 aliphatic heterocycles. The lowest BCUT2D eigenvalue weighted by atomic mass is 10.0. The number of hydrogen-bond donors (Lipinski definition) is 4. The average Bonchev–Trinajstić information content (AvgIpc) is 3.23. The molecule has 1 aromatic rings. The van der Waals surface area contributed by atoms with Crippen LogP contribution < -0.4 is 15.8 Å². The van der Waals surface area contributed by atoms with Gasteiger partial charge in [-0.05, 0) is 31.2 Å². The molecule has 0 radical (unpaired) electrons. The van der Waals surface area contributed by atoms with Crippen LogP contribution in [0.25, 0.3) is 0 Å². The van der Waals surface area contributed by atoms with Gasteiger partial charge in [0.05, 0.1) is 11.1 Å². The van der Waals surface area contributed by atoms with Gasteiger partial charge in [0, 0.05) is 13.1 Å². The van der Waals surface area contributed by atoms with E-state index in [9.17, 15) is 22.8 Å². The van der Waals surface area contributed by atoms with Crippen molar-refractivity contribution in [2.75, 3.05) is 13.1 Å². The average molecular weight is 509 g/mol. The summed E-state index contributed by atoms with van der Waals surface area (Å²) in [7, 11) is -3.72. The van der Waals surface area contributed by atoms with Gasteiger partial charge in [0.25, 0.3) is 5.91 Å². The fraction of sp³-hybridized carbons (Fsp3) is 0.524. The second-order valence-electron chi connectivity index (χ2n) is 8.64. The van der Waals surface area contributed by atoms with Gasteiger partial charge in [-0.15, -0.1) is 11.8 Å². The summed E-state index contributed by atoms with van der Waals surface area (Å²) in [6.07, 6.45) is 1.98. The van der Waals surface area contributed by atoms with Crippen LogP contribution >= 0.6 is 11.8 Å². The third-order valence-corrected chi connectivity index (χ3v) is 9.03. The van der Waals surface area contributed by atoms with Crippen molar-refractivity contribution >= 4 is 45.5 Å². The highest BCUT2D eigenvalue weighted by atomic mass is 32.2. The summed E-state index contributed by atoms with van der Waals surface area (Å²) < 4.78 is 27.7. The number of carbonyl (C=O) groups excluding carboxylic acids is 3. The van der Waals surface area contributed by atoms with Crippen molar-refractivity contribution < 1.29 is 22.8 Å². The number of thioether (sulfide) groups is 1. The molecule has 184 valence electrons. The Labute approximate surface area is 202 Å². The summed E-state index contributed by atoms with van der Waals surface area (Å²) in [5, 5.41) is 9.48. The minimum Gasteiger partial charge on any atom is -0.370 e. The summed E-state index contributed by atoms with van der Waals surface area (Å²) in [6, 6.07) is 7.12. The van der Waals surface area contributed by atoms with Crippen molar-refractivity contribution in [3.05, 3.63) is 35.9 Å². The smallest absolute Gasteiger partial charge is 0.251 e. The van der Waals surface area contributed by atoms with E-state index >= 15 is 0 Å². The quantitative estimate of drug-likeness (QED) is 0.298. The molecule has 3 heterocycles. The molecule has 3 amide bonds. The summed E-state index contributed by atoms with van der Waals surface area (Å²) in [6.45, 7) is 0.499. The van der Waals surface area contributed by atoms with Crippen LogP contribution in [-0.4, -0.2) is 77.7 Å². The summed E-state index contributed by atoms with van der Waals surface area (Å²) in [4.78, 5) is 41.1. The molecule has 34 heavy (non-hydrogen) atoms. The zero-order valence-corrected chi connectivity index (χ0v) is 20.1. The van der Waals surface area contributed by atoms with Crippen LogP contribution in [0.4, 0.5) is 0 Å². The summed E-state index contributed by atoms with van der Waals surface area (Å²) in [5.74, 6) is -1.66. The van der Waals surface area contributed by atoms with Gasteiger partial charge in [0.2, 0.25) is 21.8 Å². The van der Waals surface area contributed by atoms with Crippen LogP contribution in [0.15, 0.2) is 30.3 Å². The Morgan fingerprint density at radius 1 is 1.12 bits per heavy atom. The van der Waals surface area contributed by atoms with E-state index in [4.69, 9.17) is 11.1 Å². The molecule has 11 nitrogen and oxygen atoms in total. The number of amides is 3. The molecule has 2 unspecified atom stereocenters. The maximum Gasteiger partial charge on any atom is 0.251 e. The van der Waals surface area contributed by atoms with Crippen molar-refractivity contribution in [3.63, 3.8) is 0 Å². The van der Waals surface area contributed by atoms with Crippen LogP contribution in [-0.2, 0) is 30.2 Å². The SMILES string of the molecule is N=C(N)N1CCC[C@H](NC(=O)C2CN3C(=O)[C@@H](NS(=O)(=O)Cc4ccccc4)CCC3S2)C1=O. The molecule has 0 bridgehead atoms. The van der Waals surface area contributed by atoms with Crippen molar-refractivity contribution in [3.8, 4) is 0 Å². The van der Waals surface area contributed by atoms with Crippen LogP contribution in [0.1, 0.15) is 31.2 Å². The number of benzene rings is 1. The minimum absolute atomic E-state index is 0.147. The summed E-state index contributed by atoms with van der Waals surface area (Å²) in [5.41, 5.74) is 6.08. The van der Waals surface area contributed by atoms with Gasteiger partial charge in [-0.2, -0.15) is 0 Å². The molecule has 5 N–H and O–H groups in total. The van der Waals surface area contributed by atoms with Crippen LogP contribution in [0.5, 0.6) is 0 Å². The number of nitrogens with one attached hydrogen (secondary N) is 3. The molecule has 13 heteroatoms. The number of nitrogens with two attached hydrogens (primary N) is 1. The first-order valence-electron chi connectivity index (χ1n) is 11.1. The van der Waals surface area contributed by atoms with Gasteiger partial charge >= 0.3 is 0 Å². The van der Waals surface area contributed by atoms with Gasteiger partial charge < -0.3 is 16.0 Å². The zero-order valence-electron chi connectivity index (χ0n) is 18.5. The lowest BCUT2D eigenvalue weighted by molar-refractivity contribution is -0.137. The highest BCUT2D eigenvalue weighted by Crippen LogP contribution is 2.37. The first-order valence-corrected chi connectivity index (χ1v) is 13.7. The lowest BCUT2D eigenvalue weighted by Gasteiger charge is -2.33. The highest BCUT2D eigenvalue weighted by Gasteiger charge is 2.46. The van der Waals surface area contributed by atoms with Crippen molar-refractivity contribution in [1.82, 2.24) is 19.8 Å². The Bertz CT molecular complexity index is 1080. The number of likely N-dealkylation sites (tertiary alicyclic amines) is 1. The van der Waals surface area contributed by atoms with Gasteiger partial charge in [0.1, 0.15) is 17.3 Å². The molecule has 3 aliphatic rings. The van der Waals surface area contributed by atoms with E-state index in [1.54, 1.807) is 35.2 Å². The normalized spacial score (nSPS) is 27.4. The molecule has 4 rings (SSSR count). The van der Waals surface area contributed by atoms with Crippen LogP contribution in [0.2, 0.25) is 0 Å². The van der Waals surface area contributed by atoms with Gasteiger partial charge in [0.15, 0.2) is 5.96 Å². The van der Waals surface area contributed by atoms with E-state index in [-0.39, 0.29) is 35.4 Å². The molecule has 4 atom stereocenters. The lowest BCUT2D eigenvalue weighted by Crippen LogP contribution is -2.57. The van der Waals surface area contributed by atoms with Gasteiger partial charge in [-0.1, -0.05) is 30.3 Å². The number of guanidine groups is 1.